The average molecular weight is 349 g/mol. The second-order valence-corrected chi connectivity index (χ2v) is 7.23. The van der Waals surface area contributed by atoms with Gasteiger partial charge >= 0.3 is 0 Å². The van der Waals surface area contributed by atoms with Crippen LogP contribution in [0.1, 0.15) is 37.8 Å². The van der Waals surface area contributed by atoms with Gasteiger partial charge in [0.25, 0.3) is 0 Å². The summed E-state index contributed by atoms with van der Waals surface area (Å²) in [5.74, 6) is -0.124. The number of aromatic nitrogens is 1. The first-order chi connectivity index (χ1) is 12.5. The van der Waals surface area contributed by atoms with Gasteiger partial charge in [0.05, 0.1) is 0 Å². The molecule has 1 atom stereocenters. The minimum atomic E-state index is -0.410. The number of carbonyl (C=O) groups excluding carboxylic acids is 1. The van der Waals surface area contributed by atoms with Gasteiger partial charge < -0.3 is 0 Å². The maximum absolute atomic E-state index is 13.8. The van der Waals surface area contributed by atoms with Crippen LogP contribution in [-0.2, 0) is 17.6 Å². The van der Waals surface area contributed by atoms with Crippen molar-refractivity contribution in [2.75, 3.05) is 0 Å². The minimum Gasteiger partial charge on any atom is -0.299 e. The van der Waals surface area contributed by atoms with Crippen LogP contribution in [0.5, 0.6) is 0 Å². The topological polar surface area (TPSA) is 30.0 Å². The number of pyridine rings is 1. The van der Waals surface area contributed by atoms with Crippen molar-refractivity contribution >= 4 is 16.7 Å². The van der Waals surface area contributed by atoms with Crippen molar-refractivity contribution in [3.63, 3.8) is 0 Å². The van der Waals surface area contributed by atoms with Gasteiger partial charge in [-0.3, -0.25) is 9.78 Å². The zero-order valence-electron chi connectivity index (χ0n) is 15.3. The Balaban J connectivity index is 1.83. The third-order valence-electron chi connectivity index (χ3n) is 5.00. The van der Waals surface area contributed by atoms with Gasteiger partial charge in [0.15, 0.2) is 0 Å². The predicted molar refractivity (Wildman–Crippen MR) is 104 cm³/mol. The number of para-hydroxylation sites is 1. The number of nitrogens with zero attached hydrogens (tertiary/aromatic N) is 1. The lowest BCUT2D eigenvalue weighted by atomic mass is 9.74. The molecular weight excluding hydrogens is 325 g/mol. The third kappa shape index (κ3) is 3.98. The van der Waals surface area contributed by atoms with E-state index in [9.17, 15) is 9.18 Å². The van der Waals surface area contributed by atoms with E-state index in [0.29, 0.717) is 11.9 Å². The minimum absolute atomic E-state index is 0.209. The highest BCUT2D eigenvalue weighted by Gasteiger charge is 2.32. The van der Waals surface area contributed by atoms with E-state index in [0.717, 1.165) is 30.2 Å². The molecule has 3 aromatic rings. The molecule has 0 aliphatic rings. The van der Waals surface area contributed by atoms with E-state index in [1.807, 2.05) is 30.3 Å². The largest absolute Gasteiger partial charge is 0.299 e. The number of rotatable bonds is 7. The molecule has 1 unspecified atom stereocenters. The van der Waals surface area contributed by atoms with Crippen molar-refractivity contribution in [3.05, 3.63) is 77.7 Å². The second-order valence-electron chi connectivity index (χ2n) is 7.23. The Morgan fingerprint density at radius 1 is 1.08 bits per heavy atom. The fraction of sp³-hybridized carbons (Fsp3) is 0.304. The molecule has 0 amide bonds. The molecule has 0 aliphatic heterocycles. The first kappa shape index (κ1) is 18.2. The van der Waals surface area contributed by atoms with Gasteiger partial charge in [-0.25, -0.2) is 4.39 Å². The van der Waals surface area contributed by atoms with Crippen LogP contribution < -0.4 is 0 Å². The number of carbonyl (C=O) groups is 1. The van der Waals surface area contributed by atoms with Crippen LogP contribution in [0, 0.1) is 11.2 Å². The maximum atomic E-state index is 13.8. The summed E-state index contributed by atoms with van der Waals surface area (Å²) in [6.45, 7) is 4.16. The Bertz CT molecular complexity index is 906. The Morgan fingerprint density at radius 3 is 2.58 bits per heavy atom. The number of benzene rings is 2. The fourth-order valence-corrected chi connectivity index (χ4v) is 3.59. The van der Waals surface area contributed by atoms with Crippen LogP contribution in [0.25, 0.3) is 10.9 Å². The molecule has 134 valence electrons. The summed E-state index contributed by atoms with van der Waals surface area (Å²) in [4.78, 5) is 17.3. The van der Waals surface area contributed by atoms with E-state index in [2.05, 4.69) is 31.0 Å². The van der Waals surface area contributed by atoms with Gasteiger partial charge in [0, 0.05) is 23.4 Å². The molecule has 0 fully saturated rings. The summed E-state index contributed by atoms with van der Waals surface area (Å²) in [6, 6.07) is 16.9. The zero-order chi connectivity index (χ0) is 18.6. The maximum Gasteiger partial charge on any atom is 0.149 e. The van der Waals surface area contributed by atoms with Crippen LogP contribution >= 0.6 is 0 Å². The first-order valence-electron chi connectivity index (χ1n) is 9.12. The summed E-state index contributed by atoms with van der Waals surface area (Å²) in [6.07, 6.45) is 4.48. The number of Topliss-reactive ketones (excluding diaryl/α,β-unsaturated/α-hetero) is 1. The van der Waals surface area contributed by atoms with Crippen LogP contribution in [-0.4, -0.2) is 10.8 Å². The molecule has 0 bridgehead atoms. The highest BCUT2D eigenvalue weighted by atomic mass is 19.1. The molecule has 2 nitrogen and oxygen atoms in total. The van der Waals surface area contributed by atoms with Crippen molar-refractivity contribution in [1.29, 1.82) is 0 Å². The Hall–Kier alpha value is -2.55. The van der Waals surface area contributed by atoms with Gasteiger partial charge in [0.2, 0.25) is 0 Å². The summed E-state index contributed by atoms with van der Waals surface area (Å²) in [5, 5.41) is 0.732. The van der Waals surface area contributed by atoms with Crippen LogP contribution in [0.2, 0.25) is 0 Å². The lowest BCUT2D eigenvalue weighted by molar-refractivity contribution is -0.127. The Kier molecular flexibility index (Phi) is 5.46. The van der Waals surface area contributed by atoms with Crippen LogP contribution in [0.4, 0.5) is 4.39 Å². The predicted octanol–water partition coefficient (Wildman–Crippen LogP) is 5.53. The van der Waals surface area contributed by atoms with E-state index in [-0.39, 0.29) is 11.6 Å². The third-order valence-corrected chi connectivity index (χ3v) is 5.00. The number of halogens is 1. The smallest absolute Gasteiger partial charge is 0.149 e. The van der Waals surface area contributed by atoms with Gasteiger partial charge in [-0.2, -0.15) is 0 Å². The van der Waals surface area contributed by atoms with E-state index in [1.54, 1.807) is 12.3 Å². The molecule has 0 saturated carbocycles. The number of ketones is 1. The number of hydrogen-bond acceptors (Lipinski definition) is 2. The lowest BCUT2D eigenvalue weighted by Crippen LogP contribution is -2.31. The molecule has 0 aliphatic carbocycles. The van der Waals surface area contributed by atoms with Crippen LogP contribution in [0.3, 0.4) is 0 Å². The molecular formula is C23H24FNO. The molecule has 1 heterocycles. The van der Waals surface area contributed by atoms with Crippen molar-refractivity contribution in [1.82, 2.24) is 4.98 Å². The van der Waals surface area contributed by atoms with E-state index in [1.165, 1.54) is 11.6 Å². The molecule has 3 heteroatoms. The molecule has 0 spiro atoms. The standard InChI is InChI=1S/C23H24FNO/c1-3-12-23(2,15-17-8-5-4-6-9-17)21(26)14-18-13-19-10-7-11-20(24)22(19)25-16-18/h4-11,13,16H,3,12,14-15H2,1-2H3. The molecule has 3 rings (SSSR count). The van der Waals surface area contributed by atoms with E-state index in [4.69, 9.17) is 0 Å². The molecule has 0 saturated heterocycles. The molecule has 1 aromatic heterocycles. The van der Waals surface area contributed by atoms with Gasteiger partial charge in [0.1, 0.15) is 17.1 Å². The van der Waals surface area contributed by atoms with E-state index < -0.39 is 5.41 Å². The summed E-state index contributed by atoms with van der Waals surface area (Å²) < 4.78 is 13.8. The number of hydrogen-bond donors (Lipinski definition) is 0. The van der Waals surface area contributed by atoms with Gasteiger partial charge in [-0.05, 0) is 36.1 Å². The van der Waals surface area contributed by atoms with Crippen molar-refractivity contribution < 1.29 is 9.18 Å². The Labute approximate surface area is 154 Å². The number of fused-ring (bicyclic) bond motifs is 1. The molecule has 0 N–H and O–H groups in total. The lowest BCUT2D eigenvalue weighted by Gasteiger charge is -2.28. The fourth-order valence-electron chi connectivity index (χ4n) is 3.59. The highest BCUT2D eigenvalue weighted by Crippen LogP contribution is 2.31. The van der Waals surface area contributed by atoms with Crippen LogP contribution in [0.15, 0.2) is 60.8 Å². The van der Waals surface area contributed by atoms with Gasteiger partial charge in [-0.1, -0.05) is 62.7 Å². The van der Waals surface area contributed by atoms with E-state index >= 15 is 0 Å². The summed E-state index contributed by atoms with van der Waals surface area (Å²) in [5.41, 5.74) is 1.95. The molecule has 26 heavy (non-hydrogen) atoms. The molecule has 2 aromatic carbocycles. The monoisotopic (exact) mass is 349 g/mol. The normalized spacial score (nSPS) is 13.5. The average Bonchev–Trinajstić information content (AvgIpc) is 2.63. The summed E-state index contributed by atoms with van der Waals surface area (Å²) in [7, 11) is 0. The second kappa shape index (κ2) is 7.77. The quantitative estimate of drug-likeness (QED) is 0.561. The SMILES string of the molecule is CCCC(C)(Cc1ccccc1)C(=O)Cc1cnc2c(F)cccc2c1. The van der Waals surface area contributed by atoms with Crippen molar-refractivity contribution in [3.8, 4) is 0 Å². The Morgan fingerprint density at radius 2 is 1.85 bits per heavy atom. The first-order valence-corrected chi connectivity index (χ1v) is 9.12. The summed E-state index contributed by atoms with van der Waals surface area (Å²) >= 11 is 0. The molecule has 0 radical (unpaired) electrons. The highest BCUT2D eigenvalue weighted by molar-refractivity contribution is 5.88. The van der Waals surface area contributed by atoms with Crippen molar-refractivity contribution in [2.24, 2.45) is 5.41 Å². The van der Waals surface area contributed by atoms with Crippen molar-refractivity contribution in [2.45, 2.75) is 39.5 Å². The van der Waals surface area contributed by atoms with Gasteiger partial charge in [-0.15, -0.1) is 0 Å². The zero-order valence-corrected chi connectivity index (χ0v) is 15.3.